The second-order valence-corrected chi connectivity index (χ2v) is 10.2. The molecule has 0 aliphatic rings. The fourth-order valence-corrected chi connectivity index (χ4v) is 4.79. The molecular formula is C31H18Cl3FN4O. The summed E-state index contributed by atoms with van der Waals surface area (Å²) < 4.78 is 13.8. The molecule has 1 amide bonds. The number of carbonyl (C=O) groups is 1. The number of hydrogen-bond donors (Lipinski definition) is 2. The Bertz CT molecular complexity index is 1950. The highest BCUT2D eigenvalue weighted by atomic mass is 35.5. The minimum Gasteiger partial charge on any atom is -0.340 e. The molecule has 5 nitrogen and oxygen atoms in total. The van der Waals surface area contributed by atoms with E-state index in [2.05, 4.69) is 10.6 Å². The summed E-state index contributed by atoms with van der Waals surface area (Å²) in [5, 5.41) is 9.54. The van der Waals surface area contributed by atoms with Gasteiger partial charge in [0.25, 0.3) is 5.91 Å². The molecular weight excluding hydrogens is 570 g/mol. The van der Waals surface area contributed by atoms with Crippen molar-refractivity contribution in [2.24, 2.45) is 0 Å². The Morgan fingerprint density at radius 1 is 0.700 bits per heavy atom. The Balaban J connectivity index is 1.43. The average Bonchev–Trinajstić information content (AvgIpc) is 2.96. The fraction of sp³-hybridized carbons (Fsp3) is 0. The van der Waals surface area contributed by atoms with Gasteiger partial charge in [0, 0.05) is 27.9 Å². The Kier molecular flexibility index (Phi) is 6.98. The Morgan fingerprint density at radius 2 is 1.50 bits per heavy atom. The van der Waals surface area contributed by atoms with E-state index in [0.717, 1.165) is 16.3 Å². The van der Waals surface area contributed by atoms with Gasteiger partial charge in [0.2, 0.25) is 0 Å². The lowest BCUT2D eigenvalue weighted by atomic mass is 10.1. The van der Waals surface area contributed by atoms with Gasteiger partial charge in [0.1, 0.15) is 11.6 Å². The van der Waals surface area contributed by atoms with Gasteiger partial charge in [0.15, 0.2) is 5.82 Å². The van der Waals surface area contributed by atoms with Gasteiger partial charge in [0.05, 0.1) is 20.6 Å². The van der Waals surface area contributed by atoms with Crippen molar-refractivity contribution in [1.29, 1.82) is 0 Å². The van der Waals surface area contributed by atoms with Crippen molar-refractivity contribution in [3.05, 3.63) is 124 Å². The molecule has 0 bridgehead atoms. The number of hydrogen-bond acceptors (Lipinski definition) is 4. The van der Waals surface area contributed by atoms with Gasteiger partial charge in [-0.05, 0) is 71.4 Å². The number of aromatic nitrogens is 2. The molecule has 9 heteroatoms. The van der Waals surface area contributed by atoms with Crippen molar-refractivity contribution in [2.45, 2.75) is 0 Å². The van der Waals surface area contributed by atoms with E-state index in [1.54, 1.807) is 36.4 Å². The largest absolute Gasteiger partial charge is 0.340 e. The number of benzene rings is 5. The highest BCUT2D eigenvalue weighted by Gasteiger charge is 2.14. The average molecular weight is 588 g/mol. The predicted molar refractivity (Wildman–Crippen MR) is 162 cm³/mol. The maximum atomic E-state index is 13.8. The molecule has 5 aromatic carbocycles. The number of nitrogens with one attached hydrogen (secondary N) is 2. The lowest BCUT2D eigenvalue weighted by Gasteiger charge is -2.14. The van der Waals surface area contributed by atoms with Gasteiger partial charge >= 0.3 is 0 Å². The normalized spacial score (nSPS) is 11.1. The van der Waals surface area contributed by atoms with Crippen molar-refractivity contribution in [2.75, 3.05) is 10.6 Å². The first-order valence-electron chi connectivity index (χ1n) is 12.1. The Hall–Kier alpha value is -4.23. The van der Waals surface area contributed by atoms with E-state index in [1.165, 1.54) is 18.2 Å². The highest BCUT2D eigenvalue weighted by Crippen LogP contribution is 2.32. The van der Waals surface area contributed by atoms with Crippen LogP contribution in [0.5, 0.6) is 0 Å². The van der Waals surface area contributed by atoms with Crippen LogP contribution < -0.4 is 10.6 Å². The minimum atomic E-state index is -0.524. The first-order valence-corrected chi connectivity index (χ1v) is 13.3. The molecule has 0 aliphatic heterocycles. The second kappa shape index (κ2) is 10.7. The van der Waals surface area contributed by atoms with Crippen LogP contribution in [0.3, 0.4) is 0 Å². The molecule has 0 aliphatic carbocycles. The molecule has 0 saturated heterocycles. The quantitative estimate of drug-likeness (QED) is 0.211. The molecule has 0 fully saturated rings. The van der Waals surface area contributed by atoms with Crippen LogP contribution in [-0.4, -0.2) is 15.9 Å². The molecule has 40 heavy (non-hydrogen) atoms. The van der Waals surface area contributed by atoms with E-state index in [1.807, 2.05) is 42.5 Å². The molecule has 6 rings (SSSR count). The maximum absolute atomic E-state index is 13.8. The number of amides is 1. The SMILES string of the molecule is O=C(Nc1ccc2nc(-c3ccc4ccccc4c3)nc(Nc3ccc(F)c(Cl)c3)c2c1)c1ccc(Cl)c(Cl)c1. The predicted octanol–water partition coefficient (Wildman–Crippen LogP) is 9.55. The molecule has 1 heterocycles. The summed E-state index contributed by atoms with van der Waals surface area (Å²) in [6, 6.07) is 28.4. The molecule has 0 unspecified atom stereocenters. The van der Waals surface area contributed by atoms with Gasteiger partial charge in [-0.25, -0.2) is 14.4 Å². The minimum absolute atomic E-state index is 0.0207. The van der Waals surface area contributed by atoms with Crippen LogP contribution in [0.25, 0.3) is 33.1 Å². The fourth-order valence-electron chi connectivity index (χ4n) is 4.31. The zero-order valence-electron chi connectivity index (χ0n) is 20.6. The third-order valence-electron chi connectivity index (χ3n) is 6.33. The van der Waals surface area contributed by atoms with Crippen LogP contribution in [0, 0.1) is 5.82 Å². The zero-order chi connectivity index (χ0) is 27.8. The Morgan fingerprint density at radius 3 is 2.30 bits per heavy atom. The summed E-state index contributed by atoms with van der Waals surface area (Å²) in [6.07, 6.45) is 0. The molecule has 2 N–H and O–H groups in total. The van der Waals surface area contributed by atoms with Crippen molar-refractivity contribution < 1.29 is 9.18 Å². The first kappa shape index (κ1) is 26.0. The van der Waals surface area contributed by atoms with E-state index in [-0.39, 0.29) is 16.0 Å². The topological polar surface area (TPSA) is 66.9 Å². The van der Waals surface area contributed by atoms with Gasteiger partial charge < -0.3 is 10.6 Å². The summed E-state index contributed by atoms with van der Waals surface area (Å²) in [4.78, 5) is 22.5. The first-order chi connectivity index (χ1) is 19.3. The van der Waals surface area contributed by atoms with Gasteiger partial charge in [-0.2, -0.15) is 0 Å². The number of rotatable bonds is 5. The van der Waals surface area contributed by atoms with E-state index >= 15 is 0 Å². The molecule has 1 aromatic heterocycles. The monoisotopic (exact) mass is 586 g/mol. The zero-order valence-corrected chi connectivity index (χ0v) is 22.8. The molecule has 0 atom stereocenters. The van der Waals surface area contributed by atoms with Crippen LogP contribution in [0.2, 0.25) is 15.1 Å². The standard InChI is InChI=1S/C31H18Cl3FN4O/c32-24-10-7-20(14-25(24)33)31(40)37-21-9-12-28-23(15-21)30(36-22-8-11-27(35)26(34)16-22)39-29(38-28)19-6-5-17-3-1-2-4-18(17)13-19/h1-16H,(H,37,40)(H,36,38,39). The summed E-state index contributed by atoms with van der Waals surface area (Å²) in [6.45, 7) is 0. The highest BCUT2D eigenvalue weighted by molar-refractivity contribution is 6.42. The van der Waals surface area contributed by atoms with Crippen LogP contribution in [0.4, 0.5) is 21.6 Å². The number of halogens is 4. The summed E-state index contributed by atoms with van der Waals surface area (Å²) >= 11 is 18.1. The van der Waals surface area contributed by atoms with Crippen LogP contribution in [-0.2, 0) is 0 Å². The van der Waals surface area contributed by atoms with E-state index in [0.29, 0.717) is 44.5 Å². The lowest BCUT2D eigenvalue weighted by Crippen LogP contribution is -2.12. The van der Waals surface area contributed by atoms with Gasteiger partial charge in [-0.15, -0.1) is 0 Å². The molecule has 0 spiro atoms. The van der Waals surface area contributed by atoms with Gasteiger partial charge in [-0.3, -0.25) is 4.79 Å². The smallest absolute Gasteiger partial charge is 0.255 e. The van der Waals surface area contributed by atoms with Crippen molar-refractivity contribution in [1.82, 2.24) is 9.97 Å². The molecule has 196 valence electrons. The molecule has 6 aromatic rings. The summed E-state index contributed by atoms with van der Waals surface area (Å²) in [5.74, 6) is 0.0818. The molecule has 0 saturated carbocycles. The van der Waals surface area contributed by atoms with Crippen LogP contribution in [0.15, 0.2) is 97.1 Å². The van der Waals surface area contributed by atoms with Crippen LogP contribution >= 0.6 is 34.8 Å². The number of nitrogens with zero attached hydrogens (tertiary/aromatic N) is 2. The summed E-state index contributed by atoms with van der Waals surface area (Å²) in [5.41, 5.74) is 2.89. The third kappa shape index (κ3) is 5.29. The number of fused-ring (bicyclic) bond motifs is 2. The van der Waals surface area contributed by atoms with Crippen molar-refractivity contribution >= 4 is 79.6 Å². The van der Waals surface area contributed by atoms with Crippen LogP contribution in [0.1, 0.15) is 10.4 Å². The van der Waals surface area contributed by atoms with E-state index < -0.39 is 5.82 Å². The number of carbonyl (C=O) groups excluding carboxylic acids is 1. The number of anilines is 3. The molecule has 0 radical (unpaired) electrons. The van der Waals surface area contributed by atoms with Crippen molar-refractivity contribution in [3.63, 3.8) is 0 Å². The summed E-state index contributed by atoms with van der Waals surface area (Å²) in [7, 11) is 0. The Labute approximate surface area is 243 Å². The third-order valence-corrected chi connectivity index (χ3v) is 7.35. The van der Waals surface area contributed by atoms with E-state index in [4.69, 9.17) is 44.8 Å². The second-order valence-electron chi connectivity index (χ2n) is 9.03. The lowest BCUT2D eigenvalue weighted by molar-refractivity contribution is 0.102. The van der Waals surface area contributed by atoms with Crippen molar-refractivity contribution in [3.8, 4) is 11.4 Å². The van der Waals surface area contributed by atoms with E-state index in [9.17, 15) is 9.18 Å². The maximum Gasteiger partial charge on any atom is 0.255 e. The van der Waals surface area contributed by atoms with Gasteiger partial charge in [-0.1, -0.05) is 71.2 Å².